The van der Waals surface area contributed by atoms with Crippen molar-refractivity contribution in [1.29, 1.82) is 0 Å². The van der Waals surface area contributed by atoms with E-state index in [2.05, 4.69) is 51.0 Å². The molecule has 0 fully saturated rings. The summed E-state index contributed by atoms with van der Waals surface area (Å²) >= 11 is 8.26. The maximum absolute atomic E-state index is 11.8. The molecule has 5 heteroatoms. The van der Waals surface area contributed by atoms with Crippen molar-refractivity contribution >= 4 is 49.1 Å². The van der Waals surface area contributed by atoms with Crippen LogP contribution < -0.4 is 5.32 Å². The Morgan fingerprint density at radius 3 is 2.67 bits per heavy atom. The monoisotopic (exact) mass is 353 g/mol. The molecule has 0 aliphatic rings. The molecule has 0 aliphatic carbocycles. The van der Waals surface area contributed by atoms with E-state index >= 15 is 0 Å². The maximum Gasteiger partial charge on any atom is 0.252 e. The molecule has 1 aromatic heterocycles. The molecule has 0 radical (unpaired) electrons. The number of hydrogen-bond donors (Lipinski definition) is 1. The fraction of sp³-hybridized carbons (Fsp3) is 0.500. The minimum atomic E-state index is -0.00454. The summed E-state index contributed by atoms with van der Waals surface area (Å²) in [6, 6.07) is 2.02. The van der Waals surface area contributed by atoms with Gasteiger partial charge in [0.05, 0.1) is 9.35 Å². The van der Waals surface area contributed by atoms with E-state index in [1.165, 1.54) is 11.3 Å². The van der Waals surface area contributed by atoms with Crippen molar-refractivity contribution in [3.05, 3.63) is 20.8 Å². The summed E-state index contributed by atoms with van der Waals surface area (Å²) in [5.74, 6) is 0.422. The molecule has 15 heavy (non-hydrogen) atoms. The Kier molecular flexibility index (Phi) is 5.29. The van der Waals surface area contributed by atoms with Crippen LogP contribution in [-0.4, -0.2) is 17.3 Å². The van der Waals surface area contributed by atoms with Gasteiger partial charge in [0.2, 0.25) is 0 Å². The van der Waals surface area contributed by atoms with Crippen molar-refractivity contribution in [3.8, 4) is 0 Å². The van der Waals surface area contributed by atoms with Gasteiger partial charge in [-0.3, -0.25) is 4.79 Å². The summed E-state index contributed by atoms with van der Waals surface area (Å²) in [5, 5.41) is 5.63. The quantitative estimate of drug-likeness (QED) is 0.821. The molecule has 1 aromatic rings. The van der Waals surface area contributed by atoms with Gasteiger partial charge in [0, 0.05) is 16.8 Å². The van der Waals surface area contributed by atoms with Crippen LogP contribution in [0.15, 0.2) is 15.2 Å². The van der Waals surface area contributed by atoms with E-state index in [4.69, 9.17) is 0 Å². The average Bonchev–Trinajstić information content (AvgIpc) is 2.60. The second-order valence-corrected chi connectivity index (χ2v) is 6.56. The SMILES string of the molecule is CC(C)C(CBr)NC(=O)c1csc(Br)c1. The summed E-state index contributed by atoms with van der Waals surface area (Å²) in [7, 11) is 0. The second-order valence-electron chi connectivity index (χ2n) is 3.62. The van der Waals surface area contributed by atoms with E-state index in [-0.39, 0.29) is 11.9 Å². The molecule has 0 bridgehead atoms. The summed E-state index contributed by atoms with van der Waals surface area (Å²) in [6.45, 7) is 4.19. The second kappa shape index (κ2) is 6.01. The molecule has 0 saturated heterocycles. The number of carbonyl (C=O) groups is 1. The fourth-order valence-electron chi connectivity index (χ4n) is 1.06. The van der Waals surface area contributed by atoms with Gasteiger partial charge in [-0.2, -0.15) is 0 Å². The van der Waals surface area contributed by atoms with Gasteiger partial charge in [0.25, 0.3) is 5.91 Å². The normalized spacial score (nSPS) is 12.9. The number of nitrogens with one attached hydrogen (secondary N) is 1. The lowest BCUT2D eigenvalue weighted by atomic mass is 10.1. The molecular weight excluding hydrogens is 342 g/mol. The summed E-state index contributed by atoms with van der Waals surface area (Å²) in [4.78, 5) is 11.8. The van der Waals surface area contributed by atoms with Crippen LogP contribution in [0.5, 0.6) is 0 Å². The number of amides is 1. The largest absolute Gasteiger partial charge is 0.348 e. The number of rotatable bonds is 4. The van der Waals surface area contributed by atoms with E-state index in [1.807, 2.05) is 11.4 Å². The summed E-state index contributed by atoms with van der Waals surface area (Å²) < 4.78 is 0.979. The van der Waals surface area contributed by atoms with E-state index in [0.717, 1.165) is 14.7 Å². The first-order chi connectivity index (χ1) is 7.04. The number of carbonyl (C=O) groups excluding carboxylic acids is 1. The standard InChI is InChI=1S/C10H13Br2NOS/c1-6(2)8(4-11)13-10(14)7-3-9(12)15-5-7/h3,5-6,8H,4H2,1-2H3,(H,13,14). The Bertz CT molecular complexity index is 338. The van der Waals surface area contributed by atoms with Crippen LogP contribution in [0.25, 0.3) is 0 Å². The van der Waals surface area contributed by atoms with Crippen molar-refractivity contribution in [1.82, 2.24) is 5.32 Å². The van der Waals surface area contributed by atoms with Crippen LogP contribution in [0.3, 0.4) is 0 Å². The highest BCUT2D eigenvalue weighted by Gasteiger charge is 2.16. The highest BCUT2D eigenvalue weighted by Crippen LogP contribution is 2.20. The van der Waals surface area contributed by atoms with E-state index in [9.17, 15) is 4.79 Å². The van der Waals surface area contributed by atoms with Gasteiger partial charge >= 0.3 is 0 Å². The van der Waals surface area contributed by atoms with E-state index in [1.54, 1.807) is 0 Å². The topological polar surface area (TPSA) is 29.1 Å². The van der Waals surface area contributed by atoms with Crippen molar-refractivity contribution in [2.24, 2.45) is 5.92 Å². The van der Waals surface area contributed by atoms with Crippen molar-refractivity contribution in [2.45, 2.75) is 19.9 Å². The highest BCUT2D eigenvalue weighted by atomic mass is 79.9. The zero-order chi connectivity index (χ0) is 11.4. The smallest absolute Gasteiger partial charge is 0.252 e. The summed E-state index contributed by atoms with van der Waals surface area (Å²) in [5.41, 5.74) is 0.721. The van der Waals surface area contributed by atoms with Crippen LogP contribution >= 0.6 is 43.2 Å². The van der Waals surface area contributed by atoms with Gasteiger partial charge in [0.15, 0.2) is 0 Å². The van der Waals surface area contributed by atoms with Gasteiger partial charge in [-0.1, -0.05) is 29.8 Å². The molecule has 1 rings (SSSR count). The van der Waals surface area contributed by atoms with Gasteiger partial charge in [0.1, 0.15) is 0 Å². The van der Waals surface area contributed by atoms with Crippen LogP contribution in [0, 0.1) is 5.92 Å². The van der Waals surface area contributed by atoms with Crippen LogP contribution in [-0.2, 0) is 0 Å². The number of halogens is 2. The van der Waals surface area contributed by atoms with Crippen molar-refractivity contribution in [2.75, 3.05) is 5.33 Å². The third-order valence-electron chi connectivity index (χ3n) is 2.12. The Labute approximate surface area is 111 Å². The Hall–Kier alpha value is 0.130. The molecule has 1 amide bonds. The lowest BCUT2D eigenvalue weighted by Gasteiger charge is -2.19. The van der Waals surface area contributed by atoms with Crippen molar-refractivity contribution in [3.63, 3.8) is 0 Å². The zero-order valence-corrected chi connectivity index (χ0v) is 12.6. The number of alkyl halides is 1. The molecule has 0 aliphatic heterocycles. The molecule has 84 valence electrons. The lowest BCUT2D eigenvalue weighted by molar-refractivity contribution is 0.0932. The molecule has 1 unspecified atom stereocenters. The molecule has 0 spiro atoms. The van der Waals surface area contributed by atoms with Crippen LogP contribution in [0.4, 0.5) is 0 Å². The third kappa shape index (κ3) is 3.89. The Morgan fingerprint density at radius 2 is 2.27 bits per heavy atom. The molecule has 1 atom stereocenters. The first-order valence-corrected chi connectivity index (χ1v) is 7.45. The third-order valence-corrected chi connectivity index (χ3v) is 4.32. The molecule has 0 aromatic carbocycles. The molecule has 1 heterocycles. The van der Waals surface area contributed by atoms with Crippen LogP contribution in [0.2, 0.25) is 0 Å². The minimum Gasteiger partial charge on any atom is -0.348 e. The Balaban J connectivity index is 2.62. The lowest BCUT2D eigenvalue weighted by Crippen LogP contribution is -2.39. The first kappa shape index (κ1) is 13.2. The van der Waals surface area contributed by atoms with Gasteiger partial charge in [-0.05, 0) is 27.9 Å². The van der Waals surface area contributed by atoms with Gasteiger partial charge in [-0.25, -0.2) is 0 Å². The minimum absolute atomic E-state index is 0.00454. The predicted octanol–water partition coefficient (Wildman–Crippen LogP) is 3.66. The van der Waals surface area contributed by atoms with Gasteiger partial charge in [-0.15, -0.1) is 11.3 Å². The first-order valence-electron chi connectivity index (χ1n) is 4.65. The number of thiophene rings is 1. The molecule has 2 nitrogen and oxygen atoms in total. The predicted molar refractivity (Wildman–Crippen MR) is 71.9 cm³/mol. The Morgan fingerprint density at radius 1 is 1.60 bits per heavy atom. The summed E-state index contributed by atoms with van der Waals surface area (Å²) in [6.07, 6.45) is 0. The van der Waals surface area contributed by atoms with Gasteiger partial charge < -0.3 is 5.32 Å². The molecule has 1 N–H and O–H groups in total. The molecular formula is C10H13Br2NOS. The maximum atomic E-state index is 11.8. The van der Waals surface area contributed by atoms with Crippen molar-refractivity contribution < 1.29 is 4.79 Å². The fourth-order valence-corrected chi connectivity index (χ4v) is 3.11. The average molecular weight is 355 g/mol. The van der Waals surface area contributed by atoms with E-state index in [0.29, 0.717) is 5.92 Å². The highest BCUT2D eigenvalue weighted by molar-refractivity contribution is 9.11. The molecule has 0 saturated carbocycles. The number of hydrogen-bond acceptors (Lipinski definition) is 2. The zero-order valence-electron chi connectivity index (χ0n) is 8.59. The van der Waals surface area contributed by atoms with E-state index < -0.39 is 0 Å². The van der Waals surface area contributed by atoms with Crippen LogP contribution in [0.1, 0.15) is 24.2 Å².